The summed E-state index contributed by atoms with van der Waals surface area (Å²) in [6, 6.07) is -5.89. The number of carbonyl (C=O) groups excluding carboxylic acids is 9. The molecule has 27 nitrogen and oxygen atoms in total. The molecule has 11 atom stereocenters. The molecular weight excluding hydrogens is 1100 g/mol. The molecule has 7 amide bonds. The molecule has 0 unspecified atom stereocenters. The van der Waals surface area contributed by atoms with Crippen molar-refractivity contribution in [3.05, 3.63) is 0 Å². The molecule has 78 heavy (non-hydrogen) atoms. The third-order valence-electron chi connectivity index (χ3n) is 11.8. The quantitative estimate of drug-likeness (QED) is 0.0139. The molecule has 0 spiro atoms. The van der Waals surface area contributed by atoms with Crippen molar-refractivity contribution in [2.75, 3.05) is 33.0 Å². The molecule has 450 valence electrons. The van der Waals surface area contributed by atoms with E-state index in [1.807, 2.05) is 0 Å². The maximum absolute atomic E-state index is 13.8. The fourth-order valence-corrected chi connectivity index (χ4v) is 9.57. The van der Waals surface area contributed by atoms with E-state index in [0.29, 0.717) is 18.9 Å². The number of ether oxygens (including phenoxy) is 5. The number of aliphatic hydroxyl groups excluding tert-OH is 2. The number of amides is 7. The minimum atomic E-state index is -5.29. The zero-order valence-electron chi connectivity index (χ0n) is 47.8. The Labute approximate surface area is 460 Å². The lowest BCUT2D eigenvalue weighted by atomic mass is 9.96. The molecule has 31 heteroatoms. The summed E-state index contributed by atoms with van der Waals surface area (Å²) in [6.07, 6.45) is -9.27. The molecule has 1 saturated heterocycles. The Kier molecular flexibility index (Phi) is 30.7. The fourth-order valence-electron chi connectivity index (χ4n) is 6.98. The second-order valence-electron chi connectivity index (χ2n) is 23.0. The topological polar surface area (TPSA) is 391 Å². The van der Waals surface area contributed by atoms with Crippen molar-refractivity contribution in [2.24, 2.45) is 0 Å². The van der Waals surface area contributed by atoms with E-state index >= 15 is 0 Å². The van der Waals surface area contributed by atoms with E-state index < -0.39 is 166 Å². The van der Waals surface area contributed by atoms with Gasteiger partial charge >= 0.3 is 25.9 Å². The largest absolute Gasteiger partial charge is 0.472 e. The van der Waals surface area contributed by atoms with Crippen LogP contribution >= 0.6 is 7.82 Å². The van der Waals surface area contributed by atoms with Gasteiger partial charge in [-0.05, 0) is 71.5 Å². The van der Waals surface area contributed by atoms with Gasteiger partial charge in [0, 0.05) is 44.1 Å². The lowest BCUT2D eigenvalue weighted by molar-refractivity contribution is -0.261. The van der Waals surface area contributed by atoms with Crippen LogP contribution in [0.3, 0.4) is 0 Å². The van der Waals surface area contributed by atoms with Gasteiger partial charge in [0.05, 0.1) is 26.4 Å². The predicted octanol–water partition coefficient (Wildman–Crippen LogP) is 0.714. The van der Waals surface area contributed by atoms with Crippen LogP contribution in [-0.4, -0.2) is 198 Å². The summed E-state index contributed by atoms with van der Waals surface area (Å²) in [7, 11) is -9.96. The van der Waals surface area contributed by atoms with Gasteiger partial charge in [-0.25, -0.2) is 18.9 Å². The number of phosphoric ester groups is 1. The Balaban J connectivity index is 3.26. The van der Waals surface area contributed by atoms with Crippen LogP contribution in [-0.2, 0) is 71.1 Å². The van der Waals surface area contributed by atoms with Crippen molar-refractivity contribution >= 4 is 85.5 Å². The van der Waals surface area contributed by atoms with E-state index in [1.54, 1.807) is 0 Å². The number of phosphoric acid groups is 1. The minimum Gasteiger partial charge on any atom is -0.464 e. The third-order valence-corrected chi connectivity index (χ3v) is 17.4. The first kappa shape index (κ1) is 71.6. The predicted molar refractivity (Wildman–Crippen MR) is 292 cm³/mol. The van der Waals surface area contributed by atoms with Crippen LogP contribution < -0.4 is 37.2 Å². The molecule has 1 rings (SSSR count). The Morgan fingerprint density at radius 2 is 1.13 bits per heavy atom. The van der Waals surface area contributed by atoms with Gasteiger partial charge in [0.25, 0.3) is 0 Å². The van der Waals surface area contributed by atoms with Gasteiger partial charge in [-0.3, -0.25) is 33.3 Å². The van der Waals surface area contributed by atoms with Crippen molar-refractivity contribution in [1.29, 1.82) is 0 Å². The normalized spacial score (nSPS) is 20.2. The molecule has 1 heterocycles. The number of hydrogen-bond donors (Lipinski definition) is 11. The van der Waals surface area contributed by atoms with Crippen molar-refractivity contribution in [3.8, 4) is 0 Å². The summed E-state index contributed by atoms with van der Waals surface area (Å²) < 4.78 is 43.6. The van der Waals surface area contributed by atoms with Crippen molar-refractivity contribution < 1.29 is 95.9 Å². The lowest BCUT2D eigenvalue weighted by Gasteiger charge is -2.44. The summed E-state index contributed by atoms with van der Waals surface area (Å²) in [5.74, 6) is -6.42. The molecule has 0 saturated carbocycles. The molecule has 1 aliphatic rings. The number of rotatable bonds is 34. The first-order chi connectivity index (χ1) is 35.8. The van der Waals surface area contributed by atoms with Crippen LogP contribution in [0.5, 0.6) is 0 Å². The molecule has 0 bridgehead atoms. The molecule has 0 aromatic heterocycles. The van der Waals surface area contributed by atoms with Gasteiger partial charge in [-0.1, -0.05) is 58.9 Å². The first-order valence-electron chi connectivity index (χ1n) is 26.2. The van der Waals surface area contributed by atoms with Gasteiger partial charge in [0.15, 0.2) is 6.29 Å². The Morgan fingerprint density at radius 3 is 1.64 bits per heavy atom. The van der Waals surface area contributed by atoms with Gasteiger partial charge in [0.1, 0.15) is 60.7 Å². The summed E-state index contributed by atoms with van der Waals surface area (Å²) in [5.41, 5.74) is 0. The van der Waals surface area contributed by atoms with E-state index in [1.165, 1.54) is 27.7 Å². The van der Waals surface area contributed by atoms with Crippen LogP contribution in [0, 0.1) is 0 Å². The smallest absolute Gasteiger partial charge is 0.464 e. The zero-order valence-corrected chi connectivity index (χ0v) is 51.7. The molecule has 0 radical (unpaired) electrons. The summed E-state index contributed by atoms with van der Waals surface area (Å²) in [4.78, 5) is 137. The van der Waals surface area contributed by atoms with Crippen molar-refractivity contribution in [1.82, 2.24) is 37.2 Å². The molecule has 11 N–H and O–H groups in total. The molecular formula is C47H90N7O20PSi3. The Hall–Kier alpha value is -4.37. The van der Waals surface area contributed by atoms with Crippen LogP contribution in [0.2, 0.25) is 77.1 Å². The maximum Gasteiger partial charge on any atom is 0.472 e. The molecule has 1 aliphatic heterocycles. The Morgan fingerprint density at radius 1 is 0.628 bits per heavy atom. The molecule has 1 fully saturated rings. The number of nitrogens with one attached hydrogen (secondary N) is 7. The van der Waals surface area contributed by atoms with E-state index in [4.69, 9.17) is 23.7 Å². The van der Waals surface area contributed by atoms with Gasteiger partial charge in [0.2, 0.25) is 35.4 Å². The number of unbranched alkanes of at least 4 members (excludes halogenated alkanes) is 1. The van der Waals surface area contributed by atoms with E-state index in [9.17, 15) is 67.7 Å². The number of esters is 2. The number of carbonyl (C=O) groups is 9. The summed E-state index contributed by atoms with van der Waals surface area (Å²) in [5, 5.41) is 38.4. The van der Waals surface area contributed by atoms with E-state index in [0.717, 1.165) is 19.0 Å². The highest BCUT2D eigenvalue weighted by atomic mass is 31.2. The van der Waals surface area contributed by atoms with Gasteiger partial charge < -0.3 is 80.9 Å². The van der Waals surface area contributed by atoms with Gasteiger partial charge in [-0.2, -0.15) is 0 Å². The van der Waals surface area contributed by atoms with Crippen LogP contribution in [0.1, 0.15) is 66.7 Å². The van der Waals surface area contributed by atoms with Crippen LogP contribution in [0.25, 0.3) is 0 Å². The number of hydrogen-bond acceptors (Lipinski definition) is 18. The summed E-state index contributed by atoms with van der Waals surface area (Å²) >= 11 is 0. The minimum absolute atomic E-state index is 0.000613. The summed E-state index contributed by atoms with van der Waals surface area (Å²) in [6.45, 7) is 25.1. The van der Waals surface area contributed by atoms with Crippen LogP contribution in [0.4, 0.5) is 4.79 Å². The zero-order chi connectivity index (χ0) is 59.9. The third kappa shape index (κ3) is 30.3. The van der Waals surface area contributed by atoms with Crippen molar-refractivity contribution in [3.63, 3.8) is 0 Å². The Bertz CT molecular complexity index is 2060. The highest BCUT2D eigenvalue weighted by Crippen LogP contribution is 2.41. The second kappa shape index (κ2) is 33.4. The average Bonchev–Trinajstić information content (AvgIpc) is 3.29. The van der Waals surface area contributed by atoms with Crippen LogP contribution in [0.15, 0.2) is 0 Å². The van der Waals surface area contributed by atoms with Crippen molar-refractivity contribution in [2.45, 2.75) is 211 Å². The molecule has 0 aromatic carbocycles. The fraction of sp³-hybridized carbons (Fsp3) is 0.809. The SMILES string of the molecule is CC(=O)N[C@H]1[C@@H](OP(=O)(O)O)O[C@H](CO)[C@@H](O)[C@@H]1O[C@H](C)C(=O)N[C@@H](C)C(=O)N[C@H](CCC(=O)N[C@@H](CCCCNC(=O)OCC[Si](C)(C)C)C(=O)N[C@H](C)C(=O)N[C@H](C)C(=O)OCC[Si](C)(C)C)C(=O)OCC[Si](C)(C)C. The standard InChI is InChI=1S/C47H90N7O20PSi3/c1-28(40(59)51-30(3)44(63)69-21-24-76(6,7)8)50-43(62)33(17-15-16-20-48-47(65)71-23-26-78(12,13)14)53-36(57)19-18-34(45(64)70-22-25-77(9,10)11)54-41(60)29(2)49-42(61)31(4)72-39-37(52-32(5)56)46(74-75(66,67)68)73-35(27-55)38(39)58/h28-31,33-35,37-39,46,55,58H,15-27H2,1-14H3,(H,48,65)(H,49,61)(H,50,62)(H,51,59)(H,52,56)(H,53,57)(H,54,60)(H2,66,67,68)/t28-,29+,30-,31-,33+,34-,35-,37-,38-,39-,46-/m1/s1. The lowest BCUT2D eigenvalue weighted by Crippen LogP contribution is -2.66. The second-order valence-corrected chi connectivity index (χ2v) is 41.1. The molecule has 0 aliphatic carbocycles. The van der Waals surface area contributed by atoms with E-state index in [-0.39, 0.29) is 39.2 Å². The average molecular weight is 1190 g/mol. The highest BCUT2D eigenvalue weighted by Gasteiger charge is 2.50. The monoisotopic (exact) mass is 1190 g/mol. The highest BCUT2D eigenvalue weighted by molar-refractivity contribution is 7.46. The maximum atomic E-state index is 13.8. The van der Waals surface area contributed by atoms with E-state index in [2.05, 4.69) is 101 Å². The molecule has 0 aromatic rings. The van der Waals surface area contributed by atoms with Gasteiger partial charge in [-0.15, -0.1) is 0 Å². The number of aliphatic hydroxyl groups is 2. The first-order valence-corrected chi connectivity index (χ1v) is 38.8. The number of alkyl carbamates (subject to hydrolysis) is 1.